The Morgan fingerprint density at radius 3 is 2.26 bits per heavy atom. The highest BCUT2D eigenvalue weighted by Crippen LogP contribution is 2.24. The number of hydrogen-bond acceptors (Lipinski definition) is 5. The number of rotatable bonds is 9. The molecule has 2 amide bonds. The number of carbonyl (C=O) groups is 2. The van der Waals surface area contributed by atoms with E-state index in [9.17, 15) is 31.2 Å². The maximum atomic E-state index is 13.1. The van der Waals surface area contributed by atoms with Crippen molar-refractivity contribution in [2.75, 3.05) is 5.32 Å². The van der Waals surface area contributed by atoms with E-state index in [1.165, 1.54) is 42.5 Å². The lowest BCUT2D eigenvalue weighted by Gasteiger charge is -2.13. The molecule has 0 saturated heterocycles. The van der Waals surface area contributed by atoms with Crippen molar-refractivity contribution in [3.8, 4) is 17.6 Å². The Morgan fingerprint density at radius 1 is 0.897 bits per heavy atom. The van der Waals surface area contributed by atoms with E-state index in [4.69, 9.17) is 0 Å². The van der Waals surface area contributed by atoms with Crippen LogP contribution in [0.3, 0.4) is 0 Å². The van der Waals surface area contributed by atoms with Crippen LogP contribution in [-0.4, -0.2) is 26.6 Å². The van der Waals surface area contributed by atoms with Gasteiger partial charge in [-0.25, -0.2) is 13.1 Å². The molecule has 3 aromatic carbocycles. The predicted octanol–water partition coefficient (Wildman–Crippen LogP) is 5.62. The number of hydrogen-bond donors (Lipinski definition) is 2. The van der Waals surface area contributed by atoms with Crippen LogP contribution in [0, 0.1) is 11.8 Å². The minimum Gasteiger partial charge on any atom is -0.406 e. The number of ether oxygens (including phenoxy) is 1. The first-order valence-electron chi connectivity index (χ1n) is 11.9. The molecule has 0 atom stereocenters. The molecule has 0 unspecified atom stereocenters. The summed E-state index contributed by atoms with van der Waals surface area (Å²) in [7, 11) is -4.25. The maximum Gasteiger partial charge on any atom is 0.573 e. The number of carbonyl (C=O) groups excluding carboxylic acids is 2. The van der Waals surface area contributed by atoms with Crippen molar-refractivity contribution >= 4 is 27.5 Å². The van der Waals surface area contributed by atoms with Crippen molar-refractivity contribution in [2.24, 2.45) is 0 Å². The van der Waals surface area contributed by atoms with Crippen LogP contribution in [0.15, 0.2) is 77.7 Å². The molecule has 3 aromatic rings. The molecular formula is C28H25F3N2O5S. The van der Waals surface area contributed by atoms with E-state index in [0.29, 0.717) is 17.5 Å². The van der Waals surface area contributed by atoms with Gasteiger partial charge in [-0.3, -0.25) is 9.59 Å². The number of amides is 2. The summed E-state index contributed by atoms with van der Waals surface area (Å²) in [6.45, 7) is 1.96. The molecule has 0 radical (unpaired) electrons. The van der Waals surface area contributed by atoms with Gasteiger partial charge in [0, 0.05) is 17.5 Å². The lowest BCUT2D eigenvalue weighted by molar-refractivity contribution is -0.274. The van der Waals surface area contributed by atoms with Gasteiger partial charge in [0.2, 0.25) is 5.91 Å². The van der Waals surface area contributed by atoms with Crippen molar-refractivity contribution in [3.05, 3.63) is 89.5 Å². The zero-order valence-electron chi connectivity index (χ0n) is 20.8. The fraction of sp³-hybridized carbons (Fsp3) is 0.214. The molecule has 0 fully saturated rings. The molecule has 204 valence electrons. The smallest absolute Gasteiger partial charge is 0.406 e. The molecule has 7 nitrogen and oxygen atoms in total. The molecule has 0 aliphatic rings. The number of halogens is 3. The molecule has 0 aromatic heterocycles. The fourth-order valence-corrected chi connectivity index (χ4v) is 4.63. The van der Waals surface area contributed by atoms with E-state index in [1.807, 2.05) is 11.6 Å². The summed E-state index contributed by atoms with van der Waals surface area (Å²) >= 11 is 0. The molecule has 11 heteroatoms. The summed E-state index contributed by atoms with van der Waals surface area (Å²) < 4.78 is 68.7. The normalized spacial score (nSPS) is 11.2. The molecule has 0 heterocycles. The Balaban J connectivity index is 1.79. The first kappa shape index (κ1) is 29.3. The van der Waals surface area contributed by atoms with Crippen molar-refractivity contribution in [3.63, 3.8) is 0 Å². The molecule has 0 aliphatic carbocycles. The highest BCUT2D eigenvalue weighted by molar-refractivity contribution is 7.90. The van der Waals surface area contributed by atoms with E-state index in [0.717, 1.165) is 25.0 Å². The summed E-state index contributed by atoms with van der Waals surface area (Å²) in [5.74, 6) is 3.91. The standard InChI is InChI=1S/C28H25F3N2O5S/c1-2-3-4-13-26(34)33-39(36,37)25-12-8-7-11-24(25)32-27(35)23-10-6-5-9-21(23)17-14-20-15-18-22(19-16-20)38-28(29,30)31/h5-12,15-16,18-19H,2-4,13H2,1H3,(H,32,35)(H,33,34). The van der Waals surface area contributed by atoms with Crippen molar-refractivity contribution < 1.29 is 35.9 Å². The minimum absolute atomic E-state index is 0.0284. The molecule has 0 spiro atoms. The molecular weight excluding hydrogens is 533 g/mol. The second-order valence-electron chi connectivity index (χ2n) is 8.30. The van der Waals surface area contributed by atoms with Gasteiger partial charge in [0.15, 0.2) is 0 Å². The van der Waals surface area contributed by atoms with E-state index in [2.05, 4.69) is 21.9 Å². The molecule has 2 N–H and O–H groups in total. The van der Waals surface area contributed by atoms with Crippen molar-refractivity contribution in [1.82, 2.24) is 4.72 Å². The zero-order chi connectivity index (χ0) is 28.5. The summed E-state index contributed by atoms with van der Waals surface area (Å²) in [4.78, 5) is 25.0. The van der Waals surface area contributed by atoms with E-state index >= 15 is 0 Å². The lowest BCUT2D eigenvalue weighted by Crippen LogP contribution is -2.31. The van der Waals surface area contributed by atoms with Crippen LogP contribution in [0.25, 0.3) is 0 Å². The topological polar surface area (TPSA) is 102 Å². The fourth-order valence-electron chi connectivity index (χ4n) is 3.45. The van der Waals surface area contributed by atoms with Gasteiger partial charge in [-0.15, -0.1) is 13.2 Å². The minimum atomic E-state index is -4.81. The molecule has 39 heavy (non-hydrogen) atoms. The van der Waals surface area contributed by atoms with Gasteiger partial charge in [-0.1, -0.05) is 55.9 Å². The van der Waals surface area contributed by atoms with E-state index in [1.54, 1.807) is 18.2 Å². The number of alkyl halides is 3. The summed E-state index contributed by atoms with van der Waals surface area (Å²) in [6.07, 6.45) is -2.52. The lowest BCUT2D eigenvalue weighted by atomic mass is 10.1. The predicted molar refractivity (Wildman–Crippen MR) is 139 cm³/mol. The van der Waals surface area contributed by atoms with Gasteiger partial charge in [-0.2, -0.15) is 0 Å². The third-order valence-corrected chi connectivity index (χ3v) is 6.71. The number of para-hydroxylation sites is 1. The summed E-state index contributed by atoms with van der Waals surface area (Å²) in [5.41, 5.74) is 0.790. The molecule has 0 saturated carbocycles. The Bertz CT molecular complexity index is 1490. The number of sulfonamides is 1. The van der Waals surface area contributed by atoms with Crippen molar-refractivity contribution in [1.29, 1.82) is 0 Å². The third kappa shape index (κ3) is 8.90. The molecule has 0 bridgehead atoms. The van der Waals surface area contributed by atoms with E-state index in [-0.39, 0.29) is 22.6 Å². The quantitative estimate of drug-likeness (QED) is 0.262. The number of benzene rings is 3. The van der Waals surface area contributed by atoms with Crippen LogP contribution in [0.4, 0.5) is 18.9 Å². The maximum absolute atomic E-state index is 13.1. The monoisotopic (exact) mass is 558 g/mol. The van der Waals surface area contributed by atoms with Crippen LogP contribution in [0.5, 0.6) is 5.75 Å². The Labute approximate surface area is 224 Å². The van der Waals surface area contributed by atoms with Gasteiger partial charge in [-0.05, 0) is 55.0 Å². The van der Waals surface area contributed by atoms with E-state index < -0.39 is 33.9 Å². The Morgan fingerprint density at radius 2 is 1.56 bits per heavy atom. The average Bonchev–Trinajstić information content (AvgIpc) is 2.87. The second-order valence-corrected chi connectivity index (χ2v) is 9.95. The second kappa shape index (κ2) is 13.0. The van der Waals surface area contributed by atoms with Crippen LogP contribution in [0.1, 0.15) is 54.1 Å². The number of unbranched alkanes of at least 4 members (excludes halogenated alkanes) is 2. The molecule has 3 rings (SSSR count). The first-order chi connectivity index (χ1) is 18.5. The van der Waals surface area contributed by atoms with Gasteiger partial charge >= 0.3 is 6.36 Å². The Hall–Kier alpha value is -4.30. The van der Waals surface area contributed by atoms with Crippen LogP contribution in [-0.2, 0) is 14.8 Å². The van der Waals surface area contributed by atoms with Crippen LogP contribution >= 0.6 is 0 Å². The largest absolute Gasteiger partial charge is 0.573 e. The van der Waals surface area contributed by atoms with Gasteiger partial charge in [0.1, 0.15) is 10.6 Å². The SMILES string of the molecule is CCCCCC(=O)NS(=O)(=O)c1ccccc1NC(=O)c1ccccc1C#Cc1ccc(OC(F)(F)F)cc1. The zero-order valence-corrected chi connectivity index (χ0v) is 21.7. The van der Waals surface area contributed by atoms with Gasteiger partial charge in [0.05, 0.1) is 11.3 Å². The third-order valence-electron chi connectivity index (χ3n) is 5.28. The summed E-state index contributed by atoms with van der Waals surface area (Å²) in [5, 5.41) is 2.57. The number of nitrogens with one attached hydrogen (secondary N) is 2. The first-order valence-corrected chi connectivity index (χ1v) is 13.4. The number of anilines is 1. The Kier molecular flexibility index (Phi) is 9.73. The van der Waals surface area contributed by atoms with Gasteiger partial charge < -0.3 is 10.1 Å². The molecule has 0 aliphatic heterocycles. The van der Waals surface area contributed by atoms with Crippen LogP contribution in [0.2, 0.25) is 0 Å². The van der Waals surface area contributed by atoms with Crippen molar-refractivity contribution in [2.45, 2.75) is 43.9 Å². The summed E-state index contributed by atoms with van der Waals surface area (Å²) in [6, 6.07) is 16.9. The highest BCUT2D eigenvalue weighted by Gasteiger charge is 2.31. The highest BCUT2D eigenvalue weighted by atomic mass is 32.2. The average molecular weight is 559 g/mol. The van der Waals surface area contributed by atoms with Gasteiger partial charge in [0.25, 0.3) is 15.9 Å². The van der Waals surface area contributed by atoms with Crippen LogP contribution < -0.4 is 14.8 Å².